The van der Waals surface area contributed by atoms with Gasteiger partial charge in [-0.2, -0.15) is 10.2 Å². The molecule has 4 rings (SSSR count). The molecule has 1 amide bonds. The molecule has 0 saturated carbocycles. The SMILES string of the molecule is C.C#CCC(NC(=O)Oc1ccc(-c2coc3cc(O)cc(O)c3c2=O)cc1)C(=O)CCC1(C)N=N1. The van der Waals surface area contributed by atoms with Crippen molar-refractivity contribution >= 4 is 22.8 Å². The maximum Gasteiger partial charge on any atom is 0.413 e. The van der Waals surface area contributed by atoms with Gasteiger partial charge < -0.3 is 24.7 Å². The summed E-state index contributed by atoms with van der Waals surface area (Å²) in [5.41, 5.74) is -0.366. The first-order valence-electron chi connectivity index (χ1n) is 10.7. The van der Waals surface area contributed by atoms with Crippen molar-refractivity contribution in [1.82, 2.24) is 5.32 Å². The first-order chi connectivity index (χ1) is 16.7. The number of hydrogen-bond acceptors (Lipinski definition) is 9. The topological polar surface area (TPSA) is 151 Å². The molecular weight excluding hydrogens is 466 g/mol. The highest BCUT2D eigenvalue weighted by Crippen LogP contribution is 2.32. The minimum absolute atomic E-state index is 0. The molecule has 2 aromatic carbocycles. The third-order valence-corrected chi connectivity index (χ3v) is 5.51. The molecule has 1 unspecified atom stereocenters. The van der Waals surface area contributed by atoms with Crippen LogP contribution in [0.3, 0.4) is 0 Å². The lowest BCUT2D eigenvalue weighted by Gasteiger charge is -2.16. The molecule has 10 nitrogen and oxygen atoms in total. The van der Waals surface area contributed by atoms with Gasteiger partial charge in [-0.3, -0.25) is 9.59 Å². The summed E-state index contributed by atoms with van der Waals surface area (Å²) in [5.74, 6) is 1.66. The van der Waals surface area contributed by atoms with Gasteiger partial charge in [0.15, 0.2) is 11.4 Å². The van der Waals surface area contributed by atoms with Gasteiger partial charge in [0.25, 0.3) is 0 Å². The number of phenols is 2. The zero-order valence-corrected chi connectivity index (χ0v) is 18.6. The number of terminal acetylenes is 1. The first-order valence-corrected chi connectivity index (χ1v) is 10.7. The molecular formula is C26H25N3O7. The molecule has 2 heterocycles. The molecule has 0 radical (unpaired) electrons. The van der Waals surface area contributed by atoms with Crippen molar-refractivity contribution in [3.63, 3.8) is 0 Å². The van der Waals surface area contributed by atoms with E-state index in [4.69, 9.17) is 15.6 Å². The van der Waals surface area contributed by atoms with Crippen molar-refractivity contribution in [2.45, 2.75) is 45.3 Å². The number of phenolic OH excluding ortho intramolecular Hbond substituents is 2. The fourth-order valence-corrected chi connectivity index (χ4v) is 3.48. The maximum absolute atomic E-state index is 12.8. The third kappa shape index (κ3) is 5.70. The molecule has 1 aliphatic rings. The first kappa shape index (κ1) is 26.0. The quantitative estimate of drug-likeness (QED) is 0.392. The Bertz CT molecular complexity index is 1430. The van der Waals surface area contributed by atoms with Gasteiger partial charge in [0.2, 0.25) is 5.43 Å². The van der Waals surface area contributed by atoms with E-state index >= 15 is 0 Å². The summed E-state index contributed by atoms with van der Waals surface area (Å²) in [6.45, 7) is 1.80. The number of hydrogen-bond donors (Lipinski definition) is 3. The number of amides is 1. The van der Waals surface area contributed by atoms with E-state index in [0.29, 0.717) is 12.0 Å². The van der Waals surface area contributed by atoms with Gasteiger partial charge in [-0.25, -0.2) is 4.79 Å². The van der Waals surface area contributed by atoms with Gasteiger partial charge in [-0.05, 0) is 24.6 Å². The van der Waals surface area contributed by atoms with Crippen molar-refractivity contribution in [2.24, 2.45) is 10.2 Å². The zero-order valence-electron chi connectivity index (χ0n) is 18.6. The number of ketones is 1. The summed E-state index contributed by atoms with van der Waals surface area (Å²) in [7, 11) is 0. The van der Waals surface area contributed by atoms with Gasteiger partial charge >= 0.3 is 6.09 Å². The fourth-order valence-electron chi connectivity index (χ4n) is 3.48. The number of carbonyl (C=O) groups is 2. The number of rotatable bonds is 8. The lowest BCUT2D eigenvalue weighted by atomic mass is 10.0. The van der Waals surface area contributed by atoms with Crippen LogP contribution in [-0.4, -0.2) is 33.8 Å². The number of Topliss-reactive ketones (excluding diaryl/α,β-unsaturated/α-hetero) is 1. The van der Waals surface area contributed by atoms with Crippen LogP contribution in [0.5, 0.6) is 17.2 Å². The number of ether oxygens (including phenoxy) is 1. The van der Waals surface area contributed by atoms with Crippen LogP contribution in [0.25, 0.3) is 22.1 Å². The van der Waals surface area contributed by atoms with E-state index in [-0.39, 0.29) is 54.1 Å². The van der Waals surface area contributed by atoms with E-state index in [9.17, 15) is 24.6 Å². The zero-order chi connectivity index (χ0) is 25.2. The second-order valence-electron chi connectivity index (χ2n) is 8.22. The highest BCUT2D eigenvalue weighted by molar-refractivity contribution is 5.89. The van der Waals surface area contributed by atoms with E-state index < -0.39 is 29.0 Å². The molecule has 36 heavy (non-hydrogen) atoms. The number of fused-ring (bicyclic) bond motifs is 1. The van der Waals surface area contributed by atoms with Gasteiger partial charge in [0.1, 0.15) is 40.5 Å². The standard InChI is InChI=1S/C25H21N3O7.CH4/c1-3-4-18(19(30)9-10-25(2)27-28-25)26-24(33)35-16-7-5-14(6-8-16)17-13-34-21-12-15(29)11-20(31)22(21)23(17)32;/h1,5-8,11-13,18,29,31H,4,9-10H2,2H3,(H,26,33);1H4. The Morgan fingerprint density at radius 1 is 1.22 bits per heavy atom. The predicted octanol–water partition coefficient (Wildman–Crippen LogP) is 4.52. The Hall–Kier alpha value is -4.65. The van der Waals surface area contributed by atoms with Gasteiger partial charge in [0.05, 0.1) is 5.56 Å². The smallest absolute Gasteiger partial charge is 0.413 e. The number of nitrogens with one attached hydrogen (secondary N) is 1. The van der Waals surface area contributed by atoms with Crippen LogP contribution in [0.2, 0.25) is 0 Å². The minimum Gasteiger partial charge on any atom is -0.508 e. The Morgan fingerprint density at radius 2 is 1.92 bits per heavy atom. The summed E-state index contributed by atoms with van der Waals surface area (Å²) in [6.07, 6.45) is 6.30. The Morgan fingerprint density at radius 3 is 2.56 bits per heavy atom. The van der Waals surface area contributed by atoms with E-state index in [0.717, 1.165) is 6.07 Å². The Labute approximate surface area is 206 Å². The van der Waals surface area contributed by atoms with Crippen molar-refractivity contribution in [2.75, 3.05) is 0 Å². The molecule has 1 atom stereocenters. The number of carbonyl (C=O) groups excluding carboxylic acids is 2. The lowest BCUT2D eigenvalue weighted by molar-refractivity contribution is -0.121. The highest BCUT2D eigenvalue weighted by Gasteiger charge is 2.35. The molecule has 10 heteroatoms. The van der Waals surface area contributed by atoms with Gasteiger partial charge in [-0.15, -0.1) is 12.3 Å². The molecule has 0 fully saturated rings. The average molecular weight is 492 g/mol. The largest absolute Gasteiger partial charge is 0.508 e. The summed E-state index contributed by atoms with van der Waals surface area (Å²) >= 11 is 0. The average Bonchev–Trinajstić information content (AvgIpc) is 3.55. The minimum atomic E-state index is -0.900. The predicted molar refractivity (Wildman–Crippen MR) is 132 cm³/mol. The Kier molecular flexibility index (Phi) is 7.44. The van der Waals surface area contributed by atoms with Crippen molar-refractivity contribution in [3.05, 3.63) is 52.9 Å². The van der Waals surface area contributed by atoms with Crippen LogP contribution in [-0.2, 0) is 4.79 Å². The van der Waals surface area contributed by atoms with Crippen LogP contribution in [0.4, 0.5) is 4.79 Å². The molecule has 0 aliphatic carbocycles. The molecule has 3 N–H and O–H groups in total. The molecule has 186 valence electrons. The van der Waals surface area contributed by atoms with Crippen LogP contribution in [0.1, 0.15) is 33.6 Å². The number of aromatic hydroxyl groups is 2. The van der Waals surface area contributed by atoms with E-state index in [2.05, 4.69) is 21.5 Å². The number of benzene rings is 2. The van der Waals surface area contributed by atoms with E-state index in [1.54, 1.807) is 6.92 Å². The monoisotopic (exact) mass is 491 g/mol. The third-order valence-electron chi connectivity index (χ3n) is 5.51. The second kappa shape index (κ2) is 10.3. The normalized spacial score (nSPS) is 13.8. The number of nitrogens with zero attached hydrogens (tertiary/aromatic N) is 2. The maximum atomic E-state index is 12.8. The van der Waals surface area contributed by atoms with Gasteiger partial charge in [-0.1, -0.05) is 19.6 Å². The van der Waals surface area contributed by atoms with Crippen LogP contribution < -0.4 is 15.5 Å². The highest BCUT2D eigenvalue weighted by atomic mass is 16.6. The fraction of sp³-hybridized carbons (Fsp3) is 0.269. The lowest BCUT2D eigenvalue weighted by Crippen LogP contribution is -2.42. The van der Waals surface area contributed by atoms with Crippen molar-refractivity contribution in [3.8, 4) is 40.7 Å². The molecule has 1 aromatic heterocycles. The molecule has 1 aliphatic heterocycles. The van der Waals surface area contributed by atoms with Crippen LogP contribution in [0, 0.1) is 12.3 Å². The molecule has 3 aromatic rings. The molecule has 0 bridgehead atoms. The van der Waals surface area contributed by atoms with Crippen molar-refractivity contribution in [1.29, 1.82) is 0 Å². The summed E-state index contributed by atoms with van der Waals surface area (Å²) < 4.78 is 10.6. The van der Waals surface area contributed by atoms with E-state index in [1.165, 1.54) is 36.6 Å². The molecule has 0 spiro atoms. The summed E-state index contributed by atoms with van der Waals surface area (Å²) in [6, 6.07) is 7.37. The second-order valence-corrected chi connectivity index (χ2v) is 8.22. The van der Waals surface area contributed by atoms with Crippen LogP contribution >= 0.6 is 0 Å². The van der Waals surface area contributed by atoms with Crippen molar-refractivity contribution < 1.29 is 29.0 Å². The summed E-state index contributed by atoms with van der Waals surface area (Å²) in [4.78, 5) is 37.6. The summed E-state index contributed by atoms with van der Waals surface area (Å²) in [5, 5.41) is 29.7. The Balaban J connectivity index is 0.00000361. The van der Waals surface area contributed by atoms with Crippen LogP contribution in [0.15, 0.2) is 62.1 Å². The van der Waals surface area contributed by atoms with Gasteiger partial charge in [0, 0.05) is 31.4 Å². The molecule has 0 saturated heterocycles. The van der Waals surface area contributed by atoms with E-state index in [1.807, 2.05) is 0 Å².